The maximum Gasteiger partial charge on any atom is 0.320 e. The summed E-state index contributed by atoms with van der Waals surface area (Å²) in [6, 6.07) is 6.18. The van der Waals surface area contributed by atoms with E-state index in [1.807, 2.05) is 0 Å². The molecule has 40 heavy (non-hydrogen) atoms. The molecule has 12 nitrogen and oxygen atoms in total. The second-order valence-corrected chi connectivity index (χ2v) is 10.2. The molecule has 0 spiro atoms. The molecule has 3 rings (SSSR count). The van der Waals surface area contributed by atoms with Gasteiger partial charge in [-0.3, -0.25) is 14.4 Å². The maximum atomic E-state index is 11.5. The van der Waals surface area contributed by atoms with E-state index in [9.17, 15) is 39.9 Å². The largest absolute Gasteiger partial charge is 0.507 e. The van der Waals surface area contributed by atoms with E-state index in [0.717, 1.165) is 0 Å². The first-order chi connectivity index (χ1) is 18.7. The summed E-state index contributed by atoms with van der Waals surface area (Å²) < 4.78 is 0.179. The Kier molecular flexibility index (Phi) is 9.37. The summed E-state index contributed by atoms with van der Waals surface area (Å²) in [4.78, 5) is 34.0. The van der Waals surface area contributed by atoms with Crippen LogP contribution in [0.5, 0.6) is 17.2 Å². The fourth-order valence-electron chi connectivity index (χ4n) is 4.15. The summed E-state index contributed by atoms with van der Waals surface area (Å²) >= 11 is 3.23. The van der Waals surface area contributed by atoms with Crippen molar-refractivity contribution in [3.63, 3.8) is 0 Å². The smallest absolute Gasteiger partial charge is 0.320 e. The molecule has 0 heterocycles. The van der Waals surface area contributed by atoms with Crippen molar-refractivity contribution in [2.24, 2.45) is 17.2 Å². The highest BCUT2D eigenvalue weighted by Crippen LogP contribution is 2.46. The molecule has 0 radical (unpaired) electrons. The molecule has 0 saturated heterocycles. The van der Waals surface area contributed by atoms with Gasteiger partial charge in [-0.05, 0) is 88.3 Å². The van der Waals surface area contributed by atoms with E-state index in [0.29, 0.717) is 16.7 Å². The monoisotopic (exact) mass is 617 g/mol. The fraction of sp³-hybridized carbons (Fsp3) is 0.222. The average Bonchev–Trinajstić information content (AvgIpc) is 2.88. The minimum atomic E-state index is -1.32. The van der Waals surface area contributed by atoms with E-state index >= 15 is 0 Å². The van der Waals surface area contributed by atoms with Gasteiger partial charge in [-0.1, -0.05) is 6.07 Å². The number of hydrogen-bond acceptors (Lipinski definition) is 9. The number of carboxylic acids is 3. The van der Waals surface area contributed by atoms with Crippen LogP contribution in [-0.4, -0.2) is 66.7 Å². The Morgan fingerprint density at radius 1 is 0.600 bits per heavy atom. The van der Waals surface area contributed by atoms with E-state index < -0.39 is 41.8 Å². The summed E-state index contributed by atoms with van der Waals surface area (Å²) in [6.45, 7) is 0. The summed E-state index contributed by atoms with van der Waals surface area (Å²) in [5.41, 5.74) is 18.5. The number of carbonyl (C=O) groups is 3. The number of aliphatic carboxylic acids is 3. The molecular weight excluding hydrogens is 590 g/mol. The van der Waals surface area contributed by atoms with Gasteiger partial charge in [0.1, 0.15) is 35.4 Å². The van der Waals surface area contributed by atoms with Gasteiger partial charge in [0, 0.05) is 22.3 Å². The molecule has 0 fully saturated rings. The van der Waals surface area contributed by atoms with Crippen LogP contribution in [0.4, 0.5) is 0 Å². The Hall–Kier alpha value is -4.17. The van der Waals surface area contributed by atoms with Gasteiger partial charge in [0.15, 0.2) is 0 Å². The zero-order chi connectivity index (χ0) is 29.9. The van der Waals surface area contributed by atoms with E-state index in [-0.39, 0.29) is 57.5 Å². The third-order valence-electron chi connectivity index (χ3n) is 6.25. The number of phenols is 3. The number of phenolic OH excluding ortho intramolecular Hbond substituents is 3. The second-order valence-electron chi connectivity index (χ2n) is 9.31. The number of hydrogen-bond donors (Lipinski definition) is 9. The van der Waals surface area contributed by atoms with Crippen molar-refractivity contribution >= 4 is 33.8 Å². The van der Waals surface area contributed by atoms with Crippen LogP contribution in [0.1, 0.15) is 16.7 Å². The van der Waals surface area contributed by atoms with Crippen LogP contribution >= 0.6 is 15.9 Å². The van der Waals surface area contributed by atoms with Crippen molar-refractivity contribution in [1.82, 2.24) is 0 Å². The number of carboxylic acid groups (broad SMARTS) is 3. The highest BCUT2D eigenvalue weighted by molar-refractivity contribution is 9.10. The number of halogens is 1. The summed E-state index contributed by atoms with van der Waals surface area (Å²) in [5.74, 6) is -4.74. The predicted molar refractivity (Wildman–Crippen MR) is 148 cm³/mol. The van der Waals surface area contributed by atoms with Crippen LogP contribution in [0.3, 0.4) is 0 Å². The van der Waals surface area contributed by atoms with Gasteiger partial charge >= 0.3 is 17.9 Å². The molecule has 3 atom stereocenters. The van der Waals surface area contributed by atoms with Gasteiger partial charge in [0.2, 0.25) is 0 Å². The van der Waals surface area contributed by atoms with Crippen LogP contribution in [0, 0.1) is 0 Å². The van der Waals surface area contributed by atoms with Crippen molar-refractivity contribution in [2.75, 3.05) is 0 Å². The average molecular weight is 618 g/mol. The van der Waals surface area contributed by atoms with Crippen LogP contribution in [0.15, 0.2) is 46.9 Å². The normalized spacial score (nSPS) is 13.4. The molecule has 3 aromatic rings. The molecular formula is C27H28BrN3O9. The Morgan fingerprint density at radius 3 is 1.45 bits per heavy atom. The van der Waals surface area contributed by atoms with Gasteiger partial charge in [-0.15, -0.1) is 0 Å². The van der Waals surface area contributed by atoms with Crippen molar-refractivity contribution in [2.45, 2.75) is 37.4 Å². The molecule has 3 aromatic carbocycles. The van der Waals surface area contributed by atoms with Gasteiger partial charge in [-0.2, -0.15) is 0 Å². The van der Waals surface area contributed by atoms with Crippen molar-refractivity contribution in [3.8, 4) is 39.5 Å². The number of nitrogens with two attached hydrogens (primary N) is 3. The molecule has 0 aromatic heterocycles. The van der Waals surface area contributed by atoms with E-state index in [4.69, 9.17) is 22.3 Å². The first kappa shape index (κ1) is 30.4. The topological polar surface area (TPSA) is 251 Å². The standard InChI is InChI=1S/C27H28BrN3O9/c28-18-7-13(10-21(31)27(39)40)6-17(24(18)34)16-5-12(9-20(30)26(37)38)4-15(23(16)33)14-3-11(1-2-22(14)32)8-19(29)25(35)36/h1-7,19-21,32-34H,8-10,29-31H2,(H,35,36)(H,37,38)(H,39,40). The summed E-state index contributed by atoms with van der Waals surface area (Å²) in [7, 11) is 0. The lowest BCUT2D eigenvalue weighted by atomic mass is 9.89. The van der Waals surface area contributed by atoms with Crippen molar-refractivity contribution in [3.05, 3.63) is 63.6 Å². The second kappa shape index (κ2) is 12.3. The SMILES string of the molecule is NC(Cc1ccc(O)c(-c2cc(CC(N)C(=O)O)cc(-c3cc(CC(N)C(=O)O)cc(Br)c3O)c2O)c1)C(=O)O. The van der Waals surface area contributed by atoms with Crippen molar-refractivity contribution in [1.29, 1.82) is 0 Å². The molecule has 0 aliphatic heterocycles. The minimum absolute atomic E-state index is 0.0288. The maximum absolute atomic E-state index is 11.5. The number of aromatic hydroxyl groups is 3. The quantitative estimate of drug-likeness (QED) is 0.149. The Balaban J connectivity index is 2.27. The zero-order valence-electron chi connectivity index (χ0n) is 20.9. The lowest BCUT2D eigenvalue weighted by Crippen LogP contribution is -2.32. The number of rotatable bonds is 11. The van der Waals surface area contributed by atoms with Gasteiger partial charge < -0.3 is 47.8 Å². The molecule has 0 aliphatic carbocycles. The van der Waals surface area contributed by atoms with Crippen LogP contribution < -0.4 is 17.2 Å². The predicted octanol–water partition coefficient (Wildman–Crippen LogP) is 1.76. The molecule has 0 amide bonds. The van der Waals surface area contributed by atoms with Crippen LogP contribution in [0.25, 0.3) is 22.3 Å². The minimum Gasteiger partial charge on any atom is -0.507 e. The Bertz CT molecular complexity index is 1480. The van der Waals surface area contributed by atoms with Gasteiger partial charge in [-0.25, -0.2) is 0 Å². The van der Waals surface area contributed by atoms with Crippen LogP contribution in [0.2, 0.25) is 0 Å². The molecule has 0 bridgehead atoms. The molecule has 212 valence electrons. The first-order valence-corrected chi connectivity index (χ1v) is 12.6. The fourth-order valence-corrected chi connectivity index (χ4v) is 4.66. The van der Waals surface area contributed by atoms with Crippen LogP contribution in [-0.2, 0) is 33.6 Å². The first-order valence-electron chi connectivity index (χ1n) is 11.8. The Labute approximate surface area is 236 Å². The van der Waals surface area contributed by atoms with E-state index in [1.165, 1.54) is 42.5 Å². The lowest BCUT2D eigenvalue weighted by Gasteiger charge is -2.18. The number of benzene rings is 3. The molecule has 0 aliphatic rings. The van der Waals surface area contributed by atoms with Gasteiger partial charge in [0.05, 0.1) is 4.47 Å². The highest BCUT2D eigenvalue weighted by Gasteiger charge is 2.23. The molecule has 3 unspecified atom stereocenters. The molecule has 13 heteroatoms. The zero-order valence-corrected chi connectivity index (χ0v) is 22.5. The van der Waals surface area contributed by atoms with E-state index in [2.05, 4.69) is 15.9 Å². The third kappa shape index (κ3) is 6.87. The third-order valence-corrected chi connectivity index (χ3v) is 6.86. The van der Waals surface area contributed by atoms with Crippen molar-refractivity contribution < 1.29 is 45.0 Å². The Morgan fingerprint density at radius 2 is 0.975 bits per heavy atom. The molecule has 0 saturated carbocycles. The summed E-state index contributed by atoms with van der Waals surface area (Å²) in [6.07, 6.45) is -0.379. The summed E-state index contributed by atoms with van der Waals surface area (Å²) in [5, 5.41) is 60.7. The lowest BCUT2D eigenvalue weighted by molar-refractivity contribution is -0.139. The van der Waals surface area contributed by atoms with Gasteiger partial charge in [0.25, 0.3) is 0 Å². The highest BCUT2D eigenvalue weighted by atomic mass is 79.9. The van der Waals surface area contributed by atoms with E-state index in [1.54, 1.807) is 0 Å². The molecule has 12 N–H and O–H groups in total.